The van der Waals surface area contributed by atoms with Gasteiger partial charge in [0, 0.05) is 23.6 Å². The first kappa shape index (κ1) is 18.0. The van der Waals surface area contributed by atoms with Crippen molar-refractivity contribution in [1.29, 1.82) is 0 Å². The SMILES string of the molecule is CCC1CN(C)C(c2ccccc2CCc2cc(Br)ccc2OC)=N1. The molecule has 3 rings (SSSR count). The summed E-state index contributed by atoms with van der Waals surface area (Å²) >= 11 is 3.56. The molecule has 0 spiro atoms. The molecular formula is C21H25BrN2O. The Morgan fingerprint density at radius 1 is 1.16 bits per heavy atom. The normalized spacial score (nSPS) is 16.9. The summed E-state index contributed by atoms with van der Waals surface area (Å²) in [6.45, 7) is 3.22. The minimum absolute atomic E-state index is 0.415. The number of benzene rings is 2. The van der Waals surface area contributed by atoms with Crippen LogP contribution in [-0.4, -0.2) is 37.5 Å². The minimum Gasteiger partial charge on any atom is -0.496 e. The van der Waals surface area contributed by atoms with Crippen LogP contribution >= 0.6 is 15.9 Å². The summed E-state index contributed by atoms with van der Waals surface area (Å²) in [5.74, 6) is 2.07. The van der Waals surface area contributed by atoms with E-state index in [1.807, 2.05) is 12.1 Å². The maximum absolute atomic E-state index is 5.51. The summed E-state index contributed by atoms with van der Waals surface area (Å²) in [5.41, 5.74) is 3.82. The molecule has 1 aliphatic heterocycles. The van der Waals surface area contributed by atoms with Gasteiger partial charge in [-0.05, 0) is 48.6 Å². The molecule has 4 heteroatoms. The Hall–Kier alpha value is -1.81. The van der Waals surface area contributed by atoms with Crippen molar-refractivity contribution in [2.45, 2.75) is 32.2 Å². The third kappa shape index (κ3) is 4.06. The smallest absolute Gasteiger partial charge is 0.131 e. The van der Waals surface area contributed by atoms with Gasteiger partial charge in [-0.2, -0.15) is 0 Å². The number of methoxy groups -OCH3 is 1. The zero-order valence-corrected chi connectivity index (χ0v) is 16.7. The van der Waals surface area contributed by atoms with Gasteiger partial charge in [-0.15, -0.1) is 0 Å². The molecule has 1 unspecified atom stereocenters. The molecule has 0 amide bonds. The number of aryl methyl sites for hydroxylation is 2. The average Bonchev–Trinajstić information content (AvgIpc) is 3.01. The standard InChI is InChI=1S/C21H25BrN2O/c1-4-18-14-24(2)21(23-18)19-8-6-5-7-15(19)9-10-16-13-17(22)11-12-20(16)25-3/h5-8,11-13,18H,4,9-10,14H2,1-3H3. The van der Waals surface area contributed by atoms with E-state index in [0.29, 0.717) is 6.04 Å². The van der Waals surface area contributed by atoms with Gasteiger partial charge in [-0.1, -0.05) is 47.1 Å². The number of likely N-dealkylation sites (N-methyl/N-ethyl adjacent to an activating group) is 1. The third-order valence-electron chi connectivity index (χ3n) is 4.79. The number of aliphatic imine (C=N–C) groups is 1. The summed E-state index contributed by atoms with van der Waals surface area (Å²) in [5, 5.41) is 0. The Bertz CT molecular complexity index is 772. The van der Waals surface area contributed by atoms with Crippen LogP contribution in [0.5, 0.6) is 5.75 Å². The molecule has 0 aromatic heterocycles. The molecule has 0 bridgehead atoms. The van der Waals surface area contributed by atoms with Crippen LogP contribution in [0.15, 0.2) is 51.9 Å². The molecule has 25 heavy (non-hydrogen) atoms. The lowest BCUT2D eigenvalue weighted by atomic mass is 9.98. The van der Waals surface area contributed by atoms with E-state index >= 15 is 0 Å². The monoisotopic (exact) mass is 400 g/mol. The van der Waals surface area contributed by atoms with Crippen LogP contribution in [-0.2, 0) is 12.8 Å². The van der Waals surface area contributed by atoms with Crippen LogP contribution in [0.4, 0.5) is 0 Å². The summed E-state index contributed by atoms with van der Waals surface area (Å²) < 4.78 is 6.60. The highest BCUT2D eigenvalue weighted by molar-refractivity contribution is 9.10. The van der Waals surface area contributed by atoms with Crippen LogP contribution in [0.3, 0.4) is 0 Å². The van der Waals surface area contributed by atoms with Gasteiger partial charge in [-0.3, -0.25) is 4.99 Å². The molecule has 0 radical (unpaired) electrons. The zero-order valence-electron chi connectivity index (χ0n) is 15.1. The van der Waals surface area contributed by atoms with Crippen molar-refractivity contribution in [3.05, 3.63) is 63.6 Å². The van der Waals surface area contributed by atoms with Gasteiger partial charge in [0.1, 0.15) is 11.6 Å². The molecule has 1 aliphatic rings. The van der Waals surface area contributed by atoms with Crippen molar-refractivity contribution in [3.8, 4) is 5.75 Å². The average molecular weight is 401 g/mol. The Labute approximate surface area is 158 Å². The fourth-order valence-electron chi connectivity index (χ4n) is 3.38. The summed E-state index contributed by atoms with van der Waals surface area (Å²) in [6.07, 6.45) is 2.99. The van der Waals surface area contributed by atoms with E-state index in [0.717, 1.165) is 41.9 Å². The number of hydrogen-bond acceptors (Lipinski definition) is 3. The molecule has 132 valence electrons. The van der Waals surface area contributed by atoms with Crippen molar-refractivity contribution in [2.24, 2.45) is 4.99 Å². The van der Waals surface area contributed by atoms with Gasteiger partial charge in [0.05, 0.1) is 13.2 Å². The van der Waals surface area contributed by atoms with Crippen LogP contribution in [0.2, 0.25) is 0 Å². The highest BCUT2D eigenvalue weighted by Crippen LogP contribution is 2.26. The van der Waals surface area contributed by atoms with Crippen molar-refractivity contribution < 1.29 is 4.74 Å². The molecule has 0 aliphatic carbocycles. The van der Waals surface area contributed by atoms with Crippen molar-refractivity contribution in [1.82, 2.24) is 4.90 Å². The highest BCUT2D eigenvalue weighted by Gasteiger charge is 2.23. The van der Waals surface area contributed by atoms with E-state index in [9.17, 15) is 0 Å². The van der Waals surface area contributed by atoms with Gasteiger partial charge in [0.15, 0.2) is 0 Å². The Morgan fingerprint density at radius 2 is 1.92 bits per heavy atom. The van der Waals surface area contributed by atoms with Crippen LogP contribution in [0.1, 0.15) is 30.0 Å². The molecule has 3 nitrogen and oxygen atoms in total. The fraction of sp³-hybridized carbons (Fsp3) is 0.381. The molecular weight excluding hydrogens is 376 g/mol. The number of amidine groups is 1. The van der Waals surface area contributed by atoms with Gasteiger partial charge in [0.2, 0.25) is 0 Å². The van der Waals surface area contributed by atoms with Crippen molar-refractivity contribution in [2.75, 3.05) is 20.7 Å². The lowest BCUT2D eigenvalue weighted by Gasteiger charge is -2.17. The number of halogens is 1. The fourth-order valence-corrected chi connectivity index (χ4v) is 3.79. The first-order valence-electron chi connectivity index (χ1n) is 8.82. The van der Waals surface area contributed by atoms with Gasteiger partial charge in [-0.25, -0.2) is 0 Å². The highest BCUT2D eigenvalue weighted by atomic mass is 79.9. The van der Waals surface area contributed by atoms with E-state index in [1.54, 1.807) is 7.11 Å². The van der Waals surface area contributed by atoms with Gasteiger partial charge >= 0.3 is 0 Å². The lowest BCUT2D eigenvalue weighted by molar-refractivity contribution is 0.409. The van der Waals surface area contributed by atoms with Gasteiger partial charge < -0.3 is 9.64 Å². The Balaban J connectivity index is 1.84. The minimum atomic E-state index is 0.415. The maximum atomic E-state index is 5.51. The van der Waals surface area contributed by atoms with E-state index in [-0.39, 0.29) is 0 Å². The second-order valence-corrected chi connectivity index (χ2v) is 7.42. The van der Waals surface area contributed by atoms with Crippen LogP contribution in [0, 0.1) is 0 Å². The van der Waals surface area contributed by atoms with Crippen LogP contribution < -0.4 is 4.74 Å². The molecule has 1 atom stereocenters. The summed E-state index contributed by atoms with van der Waals surface area (Å²) in [6, 6.07) is 15.2. The second kappa shape index (κ2) is 8.05. The number of ether oxygens (including phenoxy) is 1. The first-order valence-corrected chi connectivity index (χ1v) is 9.61. The molecule has 2 aromatic rings. The molecule has 0 N–H and O–H groups in total. The van der Waals surface area contributed by atoms with E-state index in [1.165, 1.54) is 16.7 Å². The molecule has 0 saturated carbocycles. The van der Waals surface area contributed by atoms with Gasteiger partial charge in [0.25, 0.3) is 0 Å². The lowest BCUT2D eigenvalue weighted by Crippen LogP contribution is -2.26. The summed E-state index contributed by atoms with van der Waals surface area (Å²) in [4.78, 5) is 7.22. The van der Waals surface area contributed by atoms with Crippen LogP contribution in [0.25, 0.3) is 0 Å². The number of nitrogens with zero attached hydrogens (tertiary/aromatic N) is 2. The molecule has 2 aromatic carbocycles. The molecule has 1 heterocycles. The predicted octanol–water partition coefficient (Wildman–Crippen LogP) is 4.71. The zero-order chi connectivity index (χ0) is 17.8. The van der Waals surface area contributed by atoms with E-state index in [4.69, 9.17) is 9.73 Å². The predicted molar refractivity (Wildman–Crippen MR) is 108 cm³/mol. The molecule has 0 saturated heterocycles. The quantitative estimate of drug-likeness (QED) is 0.700. The Morgan fingerprint density at radius 3 is 2.64 bits per heavy atom. The Kier molecular flexibility index (Phi) is 5.79. The molecule has 0 fully saturated rings. The second-order valence-electron chi connectivity index (χ2n) is 6.51. The first-order chi connectivity index (χ1) is 12.1. The maximum Gasteiger partial charge on any atom is 0.131 e. The number of rotatable bonds is 6. The summed E-state index contributed by atoms with van der Waals surface area (Å²) in [7, 11) is 3.87. The topological polar surface area (TPSA) is 24.8 Å². The van der Waals surface area contributed by atoms with E-state index in [2.05, 4.69) is 65.1 Å². The largest absolute Gasteiger partial charge is 0.496 e. The van der Waals surface area contributed by atoms with Crippen molar-refractivity contribution >= 4 is 21.8 Å². The third-order valence-corrected chi connectivity index (χ3v) is 5.28. The van der Waals surface area contributed by atoms with Crippen molar-refractivity contribution in [3.63, 3.8) is 0 Å². The number of hydrogen-bond donors (Lipinski definition) is 0. The van der Waals surface area contributed by atoms with E-state index < -0.39 is 0 Å².